The molecule has 0 unspecified atom stereocenters. The highest BCUT2D eigenvalue weighted by Gasteiger charge is 2.29. The fourth-order valence-corrected chi connectivity index (χ4v) is 1.63. The van der Waals surface area contributed by atoms with Gasteiger partial charge in [-0.1, -0.05) is 5.10 Å². The lowest BCUT2D eigenvalue weighted by atomic mass is 10.1. The van der Waals surface area contributed by atoms with Crippen molar-refractivity contribution in [1.29, 1.82) is 0 Å². The van der Waals surface area contributed by atoms with E-state index >= 15 is 0 Å². The van der Waals surface area contributed by atoms with Crippen molar-refractivity contribution in [3.63, 3.8) is 0 Å². The van der Waals surface area contributed by atoms with Crippen molar-refractivity contribution in [2.24, 2.45) is 0 Å². The SMILES string of the molecule is FC(F)(F)OCCOc1nnc([C@H]2CCCCO2)o1. The zero-order valence-electron chi connectivity index (χ0n) is 9.98. The first-order chi connectivity index (χ1) is 9.04. The maximum Gasteiger partial charge on any atom is 0.522 e. The van der Waals surface area contributed by atoms with Gasteiger partial charge in [-0.2, -0.15) is 0 Å². The van der Waals surface area contributed by atoms with E-state index in [2.05, 4.69) is 14.9 Å². The number of halogens is 3. The Labute approximate surface area is 106 Å². The summed E-state index contributed by atoms with van der Waals surface area (Å²) in [4.78, 5) is 0. The summed E-state index contributed by atoms with van der Waals surface area (Å²) in [5.74, 6) is 0.284. The van der Waals surface area contributed by atoms with Crippen molar-refractivity contribution in [2.75, 3.05) is 19.8 Å². The number of hydrogen-bond donors (Lipinski definition) is 0. The minimum absolute atomic E-state index is 0.185. The number of hydrogen-bond acceptors (Lipinski definition) is 6. The first-order valence-corrected chi connectivity index (χ1v) is 5.83. The summed E-state index contributed by atoms with van der Waals surface area (Å²) in [7, 11) is 0. The molecule has 2 heterocycles. The smallest absolute Gasteiger partial charge is 0.447 e. The van der Waals surface area contributed by atoms with Gasteiger partial charge in [0.05, 0.1) is 6.61 Å². The van der Waals surface area contributed by atoms with Crippen LogP contribution in [0.1, 0.15) is 31.3 Å². The molecule has 2 rings (SSSR count). The van der Waals surface area contributed by atoms with Crippen LogP contribution in [0.3, 0.4) is 0 Å². The van der Waals surface area contributed by atoms with Crippen LogP contribution >= 0.6 is 0 Å². The zero-order valence-corrected chi connectivity index (χ0v) is 9.98. The van der Waals surface area contributed by atoms with Gasteiger partial charge in [0.2, 0.25) is 5.89 Å². The van der Waals surface area contributed by atoms with Gasteiger partial charge in [0.25, 0.3) is 0 Å². The number of ether oxygens (including phenoxy) is 3. The molecule has 0 aromatic carbocycles. The average molecular weight is 282 g/mol. The monoisotopic (exact) mass is 282 g/mol. The van der Waals surface area contributed by atoms with E-state index in [1.807, 2.05) is 0 Å². The third-order valence-corrected chi connectivity index (χ3v) is 2.45. The first-order valence-electron chi connectivity index (χ1n) is 5.83. The highest BCUT2D eigenvalue weighted by molar-refractivity contribution is 4.91. The second-order valence-corrected chi connectivity index (χ2v) is 3.90. The van der Waals surface area contributed by atoms with E-state index < -0.39 is 13.0 Å². The molecule has 108 valence electrons. The molecular formula is C10H13F3N2O4. The van der Waals surface area contributed by atoms with E-state index in [9.17, 15) is 13.2 Å². The molecule has 1 saturated heterocycles. The summed E-state index contributed by atoms with van der Waals surface area (Å²) in [6.07, 6.45) is -2.34. The van der Waals surface area contributed by atoms with Crippen molar-refractivity contribution < 1.29 is 31.8 Å². The summed E-state index contributed by atoms with van der Waals surface area (Å²) in [6.45, 7) is -0.337. The molecule has 0 aliphatic carbocycles. The van der Waals surface area contributed by atoms with E-state index in [-0.39, 0.29) is 24.7 Å². The molecule has 0 amide bonds. The van der Waals surface area contributed by atoms with Crippen LogP contribution in [0.2, 0.25) is 0 Å². The average Bonchev–Trinajstić information content (AvgIpc) is 2.83. The van der Waals surface area contributed by atoms with E-state index in [4.69, 9.17) is 13.9 Å². The second-order valence-electron chi connectivity index (χ2n) is 3.90. The molecule has 1 aliphatic heterocycles. The molecule has 1 aliphatic rings. The fourth-order valence-electron chi connectivity index (χ4n) is 1.63. The van der Waals surface area contributed by atoms with Gasteiger partial charge in [0.15, 0.2) is 0 Å². The highest BCUT2D eigenvalue weighted by Crippen LogP contribution is 2.28. The van der Waals surface area contributed by atoms with Gasteiger partial charge in [-0.3, -0.25) is 4.74 Å². The van der Waals surface area contributed by atoms with Gasteiger partial charge in [-0.15, -0.1) is 18.3 Å². The molecule has 6 nitrogen and oxygen atoms in total. The normalized spacial score (nSPS) is 20.5. The minimum atomic E-state index is -4.67. The van der Waals surface area contributed by atoms with Crippen molar-refractivity contribution in [1.82, 2.24) is 10.2 Å². The second kappa shape index (κ2) is 6.20. The maximum atomic E-state index is 11.7. The Morgan fingerprint density at radius 1 is 1.21 bits per heavy atom. The zero-order chi connectivity index (χ0) is 13.7. The van der Waals surface area contributed by atoms with Crippen LogP contribution in [0.15, 0.2) is 4.42 Å². The van der Waals surface area contributed by atoms with Gasteiger partial charge in [-0.25, -0.2) is 0 Å². The summed E-state index contributed by atoms with van der Waals surface area (Å²) in [6, 6.07) is 0. The summed E-state index contributed by atoms with van der Waals surface area (Å²) in [5.41, 5.74) is 0. The molecule has 1 atom stereocenters. The Morgan fingerprint density at radius 3 is 2.74 bits per heavy atom. The van der Waals surface area contributed by atoms with Crippen LogP contribution in [0.4, 0.5) is 13.2 Å². The van der Waals surface area contributed by atoms with Gasteiger partial charge in [-0.05, 0) is 19.3 Å². The molecule has 0 N–H and O–H groups in total. The van der Waals surface area contributed by atoms with Crippen LogP contribution in [0, 0.1) is 0 Å². The Bertz CT molecular complexity index is 390. The van der Waals surface area contributed by atoms with Crippen LogP contribution in [0.5, 0.6) is 6.08 Å². The third kappa shape index (κ3) is 4.67. The number of rotatable bonds is 5. The molecule has 9 heteroatoms. The molecule has 1 fully saturated rings. The lowest BCUT2D eigenvalue weighted by molar-refractivity contribution is -0.325. The molecule has 0 bridgehead atoms. The third-order valence-electron chi connectivity index (χ3n) is 2.45. The largest absolute Gasteiger partial charge is 0.522 e. The summed E-state index contributed by atoms with van der Waals surface area (Å²) >= 11 is 0. The van der Waals surface area contributed by atoms with Crippen LogP contribution in [-0.4, -0.2) is 36.4 Å². The molecule has 0 spiro atoms. The predicted octanol–water partition coefficient (Wildman–Crippen LogP) is 2.23. The van der Waals surface area contributed by atoms with Crippen LogP contribution < -0.4 is 4.74 Å². The Hall–Kier alpha value is -1.35. The van der Waals surface area contributed by atoms with Crippen molar-refractivity contribution in [2.45, 2.75) is 31.7 Å². The first kappa shape index (κ1) is 14.1. The summed E-state index contributed by atoms with van der Waals surface area (Å²) in [5, 5.41) is 7.31. The van der Waals surface area contributed by atoms with Gasteiger partial charge in [0.1, 0.15) is 12.7 Å². The quantitative estimate of drug-likeness (QED) is 0.771. The van der Waals surface area contributed by atoms with Gasteiger partial charge >= 0.3 is 12.4 Å². The van der Waals surface area contributed by atoms with Gasteiger partial charge in [0, 0.05) is 6.61 Å². The van der Waals surface area contributed by atoms with E-state index in [1.54, 1.807) is 0 Å². The van der Waals surface area contributed by atoms with Crippen molar-refractivity contribution in [3.05, 3.63) is 5.89 Å². The summed E-state index contributed by atoms with van der Waals surface area (Å²) < 4.78 is 54.0. The minimum Gasteiger partial charge on any atom is -0.447 e. The lowest BCUT2D eigenvalue weighted by Gasteiger charge is -2.18. The van der Waals surface area contributed by atoms with Crippen LogP contribution in [-0.2, 0) is 9.47 Å². The molecular weight excluding hydrogens is 269 g/mol. The Kier molecular flexibility index (Phi) is 4.59. The fraction of sp³-hybridized carbons (Fsp3) is 0.800. The highest BCUT2D eigenvalue weighted by atomic mass is 19.4. The topological polar surface area (TPSA) is 66.6 Å². The molecule has 19 heavy (non-hydrogen) atoms. The van der Waals surface area contributed by atoms with Crippen molar-refractivity contribution >= 4 is 0 Å². The Balaban J connectivity index is 1.74. The standard InChI is InChI=1S/C10H13F3N2O4/c11-10(12,13)18-6-5-17-9-15-14-8(19-9)7-3-1-2-4-16-7/h7H,1-6H2/t7-/m1/s1. The maximum absolute atomic E-state index is 11.7. The Morgan fingerprint density at radius 2 is 2.05 bits per heavy atom. The van der Waals surface area contributed by atoms with E-state index in [0.717, 1.165) is 19.3 Å². The van der Waals surface area contributed by atoms with E-state index in [0.29, 0.717) is 6.61 Å². The van der Waals surface area contributed by atoms with Crippen molar-refractivity contribution in [3.8, 4) is 6.08 Å². The number of nitrogens with zero attached hydrogens (tertiary/aromatic N) is 2. The predicted molar refractivity (Wildman–Crippen MR) is 54.3 cm³/mol. The van der Waals surface area contributed by atoms with E-state index in [1.165, 1.54) is 0 Å². The number of aromatic nitrogens is 2. The van der Waals surface area contributed by atoms with Crippen LogP contribution in [0.25, 0.3) is 0 Å². The molecule has 1 aromatic rings. The molecule has 1 aromatic heterocycles. The van der Waals surface area contributed by atoms with Gasteiger partial charge < -0.3 is 13.9 Å². The lowest BCUT2D eigenvalue weighted by Crippen LogP contribution is -2.18. The molecule has 0 saturated carbocycles. The number of alkyl halides is 3. The molecule has 0 radical (unpaired) electrons.